The molecule has 0 atom stereocenters. The van der Waals surface area contributed by atoms with Crippen LogP contribution in [0.2, 0.25) is 0 Å². The van der Waals surface area contributed by atoms with Crippen LogP contribution in [0, 0.1) is 6.92 Å². The zero-order valence-corrected chi connectivity index (χ0v) is 14.9. The fourth-order valence-corrected chi connectivity index (χ4v) is 1.99. The molecule has 5 nitrogen and oxygen atoms in total. The van der Waals surface area contributed by atoms with Crippen LogP contribution in [0.5, 0.6) is 0 Å². The van der Waals surface area contributed by atoms with E-state index >= 15 is 0 Å². The molecule has 0 aliphatic heterocycles. The summed E-state index contributed by atoms with van der Waals surface area (Å²) in [5.74, 6) is 0. The fourth-order valence-electron chi connectivity index (χ4n) is 1.99. The minimum absolute atomic E-state index is 0.287. The molecule has 5 heteroatoms. The van der Waals surface area contributed by atoms with Crippen LogP contribution in [-0.2, 0) is 4.74 Å². The number of pyridine rings is 1. The van der Waals surface area contributed by atoms with Crippen LogP contribution in [-0.4, -0.2) is 40.2 Å². The summed E-state index contributed by atoms with van der Waals surface area (Å²) in [4.78, 5) is 18.4. The van der Waals surface area contributed by atoms with Gasteiger partial charge in [-0.25, -0.2) is 4.79 Å². The third-order valence-corrected chi connectivity index (χ3v) is 3.08. The first-order chi connectivity index (χ1) is 10.0. The summed E-state index contributed by atoms with van der Waals surface area (Å²) in [6.45, 7) is 14.8. The average molecular weight is 307 g/mol. The largest absolute Gasteiger partial charge is 0.444 e. The van der Waals surface area contributed by atoms with Crippen molar-refractivity contribution in [3.63, 3.8) is 0 Å². The molecule has 0 aliphatic rings. The van der Waals surface area contributed by atoms with E-state index in [1.807, 2.05) is 60.6 Å². The molecular formula is C17H29N3O2. The minimum Gasteiger partial charge on any atom is -0.444 e. The van der Waals surface area contributed by atoms with Crippen LogP contribution in [0.15, 0.2) is 18.3 Å². The number of hydrogen-bond acceptors (Lipinski definition) is 4. The van der Waals surface area contributed by atoms with Crippen LogP contribution in [0.3, 0.4) is 0 Å². The maximum atomic E-state index is 12.4. The van der Waals surface area contributed by atoms with E-state index in [9.17, 15) is 4.79 Å². The van der Waals surface area contributed by atoms with E-state index in [4.69, 9.17) is 4.74 Å². The molecular weight excluding hydrogens is 278 g/mol. The van der Waals surface area contributed by atoms with Gasteiger partial charge >= 0.3 is 6.09 Å². The molecule has 124 valence electrons. The average Bonchev–Trinajstić information content (AvgIpc) is 2.32. The number of amides is 1. The Morgan fingerprint density at radius 1 is 1.27 bits per heavy atom. The smallest absolute Gasteiger partial charge is 0.410 e. The van der Waals surface area contributed by atoms with Crippen molar-refractivity contribution in [2.24, 2.45) is 0 Å². The monoisotopic (exact) mass is 307 g/mol. The number of carbonyl (C=O) groups excluding carboxylic acids is 1. The van der Waals surface area contributed by atoms with Crippen molar-refractivity contribution in [3.8, 4) is 0 Å². The maximum Gasteiger partial charge on any atom is 0.410 e. The number of carbonyl (C=O) groups is 1. The first-order valence-corrected chi connectivity index (χ1v) is 7.67. The molecule has 0 saturated carbocycles. The van der Waals surface area contributed by atoms with E-state index in [0.29, 0.717) is 13.1 Å². The number of anilines is 1. The Labute approximate surface area is 134 Å². The Morgan fingerprint density at radius 3 is 2.41 bits per heavy atom. The molecule has 0 fully saturated rings. The van der Waals surface area contributed by atoms with Crippen molar-refractivity contribution < 1.29 is 9.53 Å². The van der Waals surface area contributed by atoms with Crippen molar-refractivity contribution in [2.45, 2.75) is 59.6 Å². The van der Waals surface area contributed by atoms with Crippen molar-refractivity contribution in [1.29, 1.82) is 0 Å². The minimum atomic E-state index is -0.492. The Morgan fingerprint density at radius 2 is 1.91 bits per heavy atom. The van der Waals surface area contributed by atoms with Crippen molar-refractivity contribution in [3.05, 3.63) is 24.0 Å². The third kappa shape index (κ3) is 5.92. The molecule has 0 saturated heterocycles. The number of rotatable bonds is 4. The Hall–Kier alpha value is -1.78. The number of nitrogens with one attached hydrogen (secondary N) is 1. The molecule has 1 heterocycles. The van der Waals surface area contributed by atoms with Crippen LogP contribution in [0.4, 0.5) is 10.5 Å². The number of nitrogens with zero attached hydrogens (tertiary/aromatic N) is 2. The number of ether oxygens (including phenoxy) is 1. The molecule has 1 aromatic rings. The van der Waals surface area contributed by atoms with Gasteiger partial charge in [-0.2, -0.15) is 0 Å². The molecule has 0 bridgehead atoms. The number of aryl methyl sites for hydroxylation is 1. The van der Waals surface area contributed by atoms with E-state index in [0.717, 1.165) is 11.4 Å². The zero-order chi connectivity index (χ0) is 17.0. The number of hydrogen-bond donors (Lipinski definition) is 1. The lowest BCUT2D eigenvalue weighted by Crippen LogP contribution is -2.49. The lowest BCUT2D eigenvalue weighted by atomic mass is 10.1. The van der Waals surface area contributed by atoms with Gasteiger partial charge in [-0.05, 0) is 60.6 Å². The lowest BCUT2D eigenvalue weighted by Gasteiger charge is -2.37. The van der Waals surface area contributed by atoms with Gasteiger partial charge in [-0.1, -0.05) is 0 Å². The van der Waals surface area contributed by atoms with Crippen LogP contribution >= 0.6 is 0 Å². The molecule has 1 rings (SSSR count). The van der Waals surface area contributed by atoms with Gasteiger partial charge in [-0.3, -0.25) is 4.98 Å². The Kier molecular flexibility index (Phi) is 5.80. The molecule has 1 N–H and O–H groups in total. The van der Waals surface area contributed by atoms with E-state index in [2.05, 4.69) is 10.3 Å². The van der Waals surface area contributed by atoms with Gasteiger partial charge in [0.15, 0.2) is 0 Å². The van der Waals surface area contributed by atoms with Gasteiger partial charge in [0.25, 0.3) is 0 Å². The molecule has 22 heavy (non-hydrogen) atoms. The normalized spacial score (nSPS) is 12.0. The summed E-state index contributed by atoms with van der Waals surface area (Å²) >= 11 is 0. The first-order valence-electron chi connectivity index (χ1n) is 7.67. The summed E-state index contributed by atoms with van der Waals surface area (Å²) in [6, 6.07) is 3.88. The first kappa shape index (κ1) is 18.3. The second kappa shape index (κ2) is 6.99. The van der Waals surface area contributed by atoms with E-state index in [1.54, 1.807) is 11.1 Å². The van der Waals surface area contributed by atoms with E-state index in [-0.39, 0.29) is 11.6 Å². The van der Waals surface area contributed by atoms with Gasteiger partial charge in [0, 0.05) is 24.8 Å². The van der Waals surface area contributed by atoms with Crippen molar-refractivity contribution in [2.75, 3.05) is 18.4 Å². The van der Waals surface area contributed by atoms with E-state index < -0.39 is 5.60 Å². The quantitative estimate of drug-likeness (QED) is 0.918. The molecule has 1 aromatic heterocycles. The number of aromatic nitrogens is 1. The van der Waals surface area contributed by atoms with Gasteiger partial charge in [0.2, 0.25) is 0 Å². The van der Waals surface area contributed by atoms with Crippen LogP contribution < -0.4 is 5.32 Å². The highest BCUT2D eigenvalue weighted by Gasteiger charge is 2.30. The molecule has 0 spiro atoms. The highest BCUT2D eigenvalue weighted by molar-refractivity contribution is 5.69. The Bertz CT molecular complexity index is 501. The highest BCUT2D eigenvalue weighted by Crippen LogP contribution is 2.18. The van der Waals surface area contributed by atoms with Gasteiger partial charge in [-0.15, -0.1) is 0 Å². The standard InChI is InChI=1S/C17H29N3O2/c1-13-14(9-8-10-18-13)19-11-12-20(16(2,3)4)15(21)22-17(5,6)7/h8-10,19H,11-12H2,1-7H3. The molecule has 0 aromatic carbocycles. The SMILES string of the molecule is Cc1ncccc1NCCN(C(=O)OC(C)(C)C)C(C)(C)C. The highest BCUT2D eigenvalue weighted by atomic mass is 16.6. The summed E-state index contributed by atoms with van der Waals surface area (Å²) in [5, 5.41) is 3.32. The third-order valence-electron chi connectivity index (χ3n) is 3.08. The van der Waals surface area contributed by atoms with Crippen molar-refractivity contribution >= 4 is 11.8 Å². The van der Waals surface area contributed by atoms with Gasteiger partial charge in [0.05, 0.1) is 11.4 Å². The lowest BCUT2D eigenvalue weighted by molar-refractivity contribution is 0.00749. The molecule has 0 unspecified atom stereocenters. The summed E-state index contributed by atoms with van der Waals surface area (Å²) < 4.78 is 5.50. The predicted molar refractivity (Wildman–Crippen MR) is 90.2 cm³/mol. The molecule has 1 amide bonds. The maximum absolute atomic E-state index is 12.4. The molecule has 0 radical (unpaired) electrons. The topological polar surface area (TPSA) is 54.5 Å². The van der Waals surface area contributed by atoms with Crippen LogP contribution in [0.25, 0.3) is 0 Å². The van der Waals surface area contributed by atoms with E-state index in [1.165, 1.54) is 0 Å². The fraction of sp³-hybridized carbons (Fsp3) is 0.647. The van der Waals surface area contributed by atoms with Crippen molar-refractivity contribution in [1.82, 2.24) is 9.88 Å². The van der Waals surface area contributed by atoms with Crippen LogP contribution in [0.1, 0.15) is 47.2 Å². The summed E-state index contributed by atoms with van der Waals surface area (Å²) in [7, 11) is 0. The summed E-state index contributed by atoms with van der Waals surface area (Å²) in [5.41, 5.74) is 1.14. The zero-order valence-electron chi connectivity index (χ0n) is 14.9. The Balaban J connectivity index is 2.67. The summed E-state index contributed by atoms with van der Waals surface area (Å²) in [6.07, 6.45) is 1.48. The second-order valence-corrected chi connectivity index (χ2v) is 7.37. The van der Waals surface area contributed by atoms with Gasteiger partial charge in [0.1, 0.15) is 5.60 Å². The molecule has 0 aliphatic carbocycles. The van der Waals surface area contributed by atoms with Gasteiger partial charge < -0.3 is 15.0 Å². The predicted octanol–water partition coefficient (Wildman–Crippen LogP) is 3.84. The second-order valence-electron chi connectivity index (χ2n) is 7.37.